The summed E-state index contributed by atoms with van der Waals surface area (Å²) in [5.74, 6) is -1.54. The minimum Gasteiger partial charge on any atom is -0.386 e. The molecule has 7 heteroatoms. The zero-order valence-corrected chi connectivity index (χ0v) is 13.8. The van der Waals surface area contributed by atoms with Gasteiger partial charge in [0.15, 0.2) is 0 Å². The second kappa shape index (κ2) is 7.75. The van der Waals surface area contributed by atoms with E-state index in [9.17, 15) is 14.7 Å². The Labute approximate surface area is 138 Å². The minimum atomic E-state index is -0.814. The third-order valence-electron chi connectivity index (χ3n) is 3.18. The summed E-state index contributed by atoms with van der Waals surface area (Å²) in [6, 6.07) is 10.7. The highest BCUT2D eigenvalue weighted by atomic mass is 32.1. The topological polar surface area (TPSA) is 81.7 Å². The number of thiophene rings is 1. The lowest BCUT2D eigenvalue weighted by Crippen LogP contribution is -2.37. The maximum absolute atomic E-state index is 11.8. The van der Waals surface area contributed by atoms with E-state index in [1.807, 2.05) is 42.6 Å². The van der Waals surface area contributed by atoms with Gasteiger partial charge in [-0.3, -0.25) is 9.59 Å². The Morgan fingerprint density at radius 2 is 1.87 bits per heavy atom. The van der Waals surface area contributed by atoms with E-state index in [0.717, 1.165) is 10.6 Å². The van der Waals surface area contributed by atoms with Crippen molar-refractivity contribution >= 4 is 34.5 Å². The summed E-state index contributed by atoms with van der Waals surface area (Å²) in [5, 5.41) is 16.6. The summed E-state index contributed by atoms with van der Waals surface area (Å²) in [4.78, 5) is 26.3. The lowest BCUT2D eigenvalue weighted by Gasteiger charge is -2.13. The molecule has 0 saturated heterocycles. The van der Waals surface area contributed by atoms with Crippen LogP contribution >= 0.6 is 11.3 Å². The Morgan fingerprint density at radius 3 is 2.43 bits per heavy atom. The number of carbonyl (C=O) groups is 2. The van der Waals surface area contributed by atoms with Crippen molar-refractivity contribution < 1.29 is 14.7 Å². The van der Waals surface area contributed by atoms with Crippen molar-refractivity contribution in [1.82, 2.24) is 5.32 Å². The van der Waals surface area contributed by atoms with Gasteiger partial charge in [-0.15, -0.1) is 11.3 Å². The number of nitrogens with zero attached hydrogens (tertiary/aromatic N) is 1. The molecule has 1 aromatic carbocycles. The Hall–Kier alpha value is -2.38. The average molecular weight is 333 g/mol. The number of nitrogens with one attached hydrogen (secondary N) is 2. The molecule has 23 heavy (non-hydrogen) atoms. The maximum Gasteiger partial charge on any atom is 0.313 e. The summed E-state index contributed by atoms with van der Waals surface area (Å²) in [5.41, 5.74) is 1.53. The first-order chi connectivity index (χ1) is 11.0. The molecule has 0 saturated carbocycles. The normalized spacial score (nSPS) is 11.6. The number of anilines is 2. The number of aliphatic hydroxyl groups excluding tert-OH is 1. The van der Waals surface area contributed by atoms with Crippen LogP contribution in [-0.4, -0.2) is 37.6 Å². The van der Waals surface area contributed by atoms with Gasteiger partial charge in [0.2, 0.25) is 0 Å². The molecule has 2 rings (SSSR count). The Kier molecular flexibility index (Phi) is 5.72. The number of aliphatic hydroxyl groups is 1. The lowest BCUT2D eigenvalue weighted by molar-refractivity contribution is -0.136. The highest BCUT2D eigenvalue weighted by Gasteiger charge is 2.16. The van der Waals surface area contributed by atoms with Crippen molar-refractivity contribution in [3.05, 3.63) is 46.7 Å². The Morgan fingerprint density at radius 1 is 1.17 bits per heavy atom. The zero-order valence-electron chi connectivity index (χ0n) is 12.9. The van der Waals surface area contributed by atoms with E-state index in [1.165, 1.54) is 11.3 Å². The molecule has 1 aromatic heterocycles. The molecule has 1 atom stereocenters. The molecule has 0 aliphatic rings. The van der Waals surface area contributed by atoms with Crippen LogP contribution in [0.4, 0.5) is 11.4 Å². The molecule has 0 aliphatic carbocycles. The second-order valence-electron chi connectivity index (χ2n) is 5.14. The van der Waals surface area contributed by atoms with Crippen molar-refractivity contribution in [3.63, 3.8) is 0 Å². The molecule has 0 aliphatic heterocycles. The molecule has 1 heterocycles. The monoisotopic (exact) mass is 333 g/mol. The molecule has 0 fully saturated rings. The van der Waals surface area contributed by atoms with Gasteiger partial charge in [0, 0.05) is 36.9 Å². The number of carbonyl (C=O) groups excluding carboxylic acids is 2. The number of hydrogen-bond acceptors (Lipinski definition) is 5. The third-order valence-corrected chi connectivity index (χ3v) is 4.15. The molecule has 122 valence electrons. The Balaban J connectivity index is 1.84. The van der Waals surface area contributed by atoms with E-state index in [4.69, 9.17) is 0 Å². The standard InChI is InChI=1S/C16H19N3O3S/c1-19(2)12-7-5-11(6-8-12)18-16(22)15(21)17-10-13(20)14-4-3-9-23-14/h3-9,13,20H,10H2,1-2H3,(H,17,21)(H,18,22). The number of benzene rings is 1. The van der Waals surface area contributed by atoms with Crippen molar-refractivity contribution in [2.45, 2.75) is 6.10 Å². The summed E-state index contributed by atoms with van der Waals surface area (Å²) in [6.45, 7) is -0.00761. The average Bonchev–Trinajstić information content (AvgIpc) is 3.07. The van der Waals surface area contributed by atoms with Crippen molar-refractivity contribution in [2.75, 3.05) is 30.9 Å². The SMILES string of the molecule is CN(C)c1ccc(NC(=O)C(=O)NCC(O)c2cccs2)cc1. The summed E-state index contributed by atoms with van der Waals surface area (Å²) in [6.07, 6.45) is -0.814. The highest BCUT2D eigenvalue weighted by Crippen LogP contribution is 2.18. The van der Waals surface area contributed by atoms with Crippen LogP contribution in [0.1, 0.15) is 11.0 Å². The maximum atomic E-state index is 11.8. The fourth-order valence-electron chi connectivity index (χ4n) is 1.88. The zero-order chi connectivity index (χ0) is 16.8. The van der Waals surface area contributed by atoms with E-state index < -0.39 is 17.9 Å². The summed E-state index contributed by atoms with van der Waals surface area (Å²) < 4.78 is 0. The van der Waals surface area contributed by atoms with Gasteiger partial charge in [-0.1, -0.05) is 6.07 Å². The molecule has 1 unspecified atom stereocenters. The molecule has 6 nitrogen and oxygen atoms in total. The van der Waals surface area contributed by atoms with Gasteiger partial charge in [-0.2, -0.15) is 0 Å². The van der Waals surface area contributed by atoms with Crippen LogP contribution in [0.5, 0.6) is 0 Å². The van der Waals surface area contributed by atoms with Crippen LogP contribution < -0.4 is 15.5 Å². The van der Waals surface area contributed by atoms with E-state index in [1.54, 1.807) is 18.2 Å². The van der Waals surface area contributed by atoms with Gasteiger partial charge in [0.1, 0.15) is 6.10 Å². The summed E-state index contributed by atoms with van der Waals surface area (Å²) in [7, 11) is 3.83. The van der Waals surface area contributed by atoms with Crippen LogP contribution in [0.15, 0.2) is 41.8 Å². The first-order valence-corrected chi connectivity index (χ1v) is 7.93. The molecule has 0 spiro atoms. The molecule has 3 N–H and O–H groups in total. The van der Waals surface area contributed by atoms with Crippen LogP contribution in [0, 0.1) is 0 Å². The van der Waals surface area contributed by atoms with E-state index in [-0.39, 0.29) is 6.54 Å². The van der Waals surface area contributed by atoms with Crippen LogP contribution in [0.25, 0.3) is 0 Å². The number of rotatable bonds is 5. The van der Waals surface area contributed by atoms with E-state index in [2.05, 4.69) is 10.6 Å². The van der Waals surface area contributed by atoms with E-state index in [0.29, 0.717) is 5.69 Å². The van der Waals surface area contributed by atoms with E-state index >= 15 is 0 Å². The first kappa shape index (κ1) is 17.0. The van der Waals surface area contributed by atoms with Crippen molar-refractivity contribution in [2.24, 2.45) is 0 Å². The molecule has 2 amide bonds. The predicted molar refractivity (Wildman–Crippen MR) is 91.7 cm³/mol. The van der Waals surface area contributed by atoms with Gasteiger partial charge in [0.05, 0.1) is 0 Å². The first-order valence-electron chi connectivity index (χ1n) is 7.05. The largest absolute Gasteiger partial charge is 0.386 e. The number of hydrogen-bond donors (Lipinski definition) is 3. The lowest BCUT2D eigenvalue weighted by atomic mass is 10.2. The fraction of sp³-hybridized carbons (Fsp3) is 0.250. The van der Waals surface area contributed by atoms with Gasteiger partial charge in [-0.25, -0.2) is 0 Å². The smallest absolute Gasteiger partial charge is 0.313 e. The summed E-state index contributed by atoms with van der Waals surface area (Å²) >= 11 is 1.39. The number of amides is 2. The molecule has 0 radical (unpaired) electrons. The minimum absolute atomic E-state index is 0.00761. The van der Waals surface area contributed by atoms with Crippen molar-refractivity contribution in [1.29, 1.82) is 0 Å². The fourth-order valence-corrected chi connectivity index (χ4v) is 2.59. The van der Waals surface area contributed by atoms with Gasteiger partial charge in [0.25, 0.3) is 0 Å². The van der Waals surface area contributed by atoms with Crippen LogP contribution in [0.2, 0.25) is 0 Å². The Bertz CT molecular complexity index is 654. The van der Waals surface area contributed by atoms with Crippen molar-refractivity contribution in [3.8, 4) is 0 Å². The molecule has 2 aromatic rings. The van der Waals surface area contributed by atoms with Gasteiger partial charge in [-0.05, 0) is 35.7 Å². The van der Waals surface area contributed by atoms with Crippen LogP contribution in [-0.2, 0) is 9.59 Å². The van der Waals surface area contributed by atoms with Gasteiger partial charge < -0.3 is 20.6 Å². The highest BCUT2D eigenvalue weighted by molar-refractivity contribution is 7.10. The predicted octanol–water partition coefficient (Wildman–Crippen LogP) is 1.60. The van der Waals surface area contributed by atoms with Gasteiger partial charge >= 0.3 is 11.8 Å². The second-order valence-corrected chi connectivity index (χ2v) is 6.12. The third kappa shape index (κ3) is 4.80. The van der Waals surface area contributed by atoms with Crippen LogP contribution in [0.3, 0.4) is 0 Å². The molecular formula is C16H19N3O3S. The molecular weight excluding hydrogens is 314 g/mol. The molecule has 0 bridgehead atoms. The quantitative estimate of drug-likeness (QED) is 0.726.